The third-order valence-electron chi connectivity index (χ3n) is 1.69. The summed E-state index contributed by atoms with van der Waals surface area (Å²) in [5.74, 6) is 0.691. The van der Waals surface area contributed by atoms with E-state index in [1.807, 2.05) is 0 Å². The van der Waals surface area contributed by atoms with Gasteiger partial charge in [0.15, 0.2) is 0 Å². The minimum Gasteiger partial charge on any atom is -0.497 e. The molecule has 0 unspecified atom stereocenters. The van der Waals surface area contributed by atoms with Crippen LogP contribution in [0.15, 0.2) is 18.2 Å². The Balaban J connectivity index is 2.73. The number of methoxy groups -OCH3 is 1. The number of amides is 1. The average molecular weight is 232 g/mol. The molecule has 0 heterocycles. The van der Waals surface area contributed by atoms with Crippen molar-refractivity contribution >= 4 is 29.5 Å². The van der Waals surface area contributed by atoms with Crippen molar-refractivity contribution in [2.45, 2.75) is 6.54 Å². The Hall–Kier alpha value is -0.870. The molecular formula is C9H10ClNO2S. The lowest BCUT2D eigenvalue weighted by molar-refractivity contribution is 0.260. The standard InChI is InChI=1S/C9H10ClNO2S/c1-13-7-3-2-6(8(10)4-7)5-11-9(12)14/h2-4H,5H2,1H3,(H2,11,12,14). The molecule has 0 aromatic heterocycles. The van der Waals surface area contributed by atoms with Crippen molar-refractivity contribution < 1.29 is 9.53 Å². The maximum absolute atomic E-state index is 10.5. The topological polar surface area (TPSA) is 38.3 Å². The van der Waals surface area contributed by atoms with Crippen LogP contribution in [-0.4, -0.2) is 12.3 Å². The van der Waals surface area contributed by atoms with E-state index in [4.69, 9.17) is 16.3 Å². The van der Waals surface area contributed by atoms with Crippen molar-refractivity contribution in [1.82, 2.24) is 5.32 Å². The summed E-state index contributed by atoms with van der Waals surface area (Å²) >= 11 is 9.52. The van der Waals surface area contributed by atoms with Gasteiger partial charge in [-0.3, -0.25) is 4.79 Å². The monoisotopic (exact) mass is 231 g/mol. The normalized spacial score (nSPS) is 9.64. The molecule has 0 radical (unpaired) electrons. The third-order valence-corrected chi connectivity index (χ3v) is 2.20. The number of hydrogen-bond acceptors (Lipinski definition) is 2. The minimum atomic E-state index is -0.378. The van der Waals surface area contributed by atoms with Crippen LogP contribution in [-0.2, 0) is 6.54 Å². The highest BCUT2D eigenvalue weighted by atomic mass is 35.5. The number of carbonyl (C=O) groups excluding carboxylic acids is 1. The van der Waals surface area contributed by atoms with E-state index < -0.39 is 0 Å². The molecule has 0 bridgehead atoms. The van der Waals surface area contributed by atoms with Crippen molar-refractivity contribution in [1.29, 1.82) is 0 Å². The lowest BCUT2D eigenvalue weighted by Gasteiger charge is -2.06. The van der Waals surface area contributed by atoms with E-state index in [-0.39, 0.29) is 5.24 Å². The molecule has 0 saturated heterocycles. The molecule has 0 aliphatic carbocycles. The number of rotatable bonds is 3. The molecule has 1 rings (SSSR count). The molecule has 0 saturated carbocycles. The summed E-state index contributed by atoms with van der Waals surface area (Å²) in [6.45, 7) is 0.366. The lowest BCUT2D eigenvalue weighted by Crippen LogP contribution is -2.15. The lowest BCUT2D eigenvalue weighted by atomic mass is 10.2. The molecule has 5 heteroatoms. The number of nitrogens with one attached hydrogen (secondary N) is 1. The Morgan fingerprint density at radius 1 is 1.64 bits per heavy atom. The molecule has 0 atom stereocenters. The van der Waals surface area contributed by atoms with E-state index >= 15 is 0 Å². The minimum absolute atomic E-state index is 0.366. The Morgan fingerprint density at radius 3 is 2.86 bits per heavy atom. The van der Waals surface area contributed by atoms with E-state index in [1.165, 1.54) is 0 Å². The van der Waals surface area contributed by atoms with Gasteiger partial charge in [-0.2, -0.15) is 0 Å². The maximum atomic E-state index is 10.5. The Kier molecular flexibility index (Phi) is 4.10. The molecule has 0 aliphatic rings. The molecule has 0 spiro atoms. The highest BCUT2D eigenvalue weighted by Crippen LogP contribution is 2.22. The highest BCUT2D eigenvalue weighted by Gasteiger charge is 2.02. The SMILES string of the molecule is COc1ccc(CNC(=O)S)c(Cl)c1. The first-order valence-corrected chi connectivity index (χ1v) is 4.75. The number of thiol groups is 1. The summed E-state index contributed by atoms with van der Waals surface area (Å²) in [6, 6.07) is 5.28. The first-order valence-electron chi connectivity index (χ1n) is 3.92. The molecule has 0 aliphatic heterocycles. The van der Waals surface area contributed by atoms with E-state index in [2.05, 4.69) is 17.9 Å². The van der Waals surface area contributed by atoms with Gasteiger partial charge in [-0.05, 0) is 17.7 Å². The van der Waals surface area contributed by atoms with Crippen LogP contribution in [0.5, 0.6) is 5.75 Å². The van der Waals surface area contributed by atoms with Crippen LogP contribution in [0.4, 0.5) is 4.79 Å². The fourth-order valence-corrected chi connectivity index (χ4v) is 1.29. The van der Waals surface area contributed by atoms with Gasteiger partial charge in [-0.15, -0.1) is 0 Å². The van der Waals surface area contributed by atoms with E-state index in [0.29, 0.717) is 17.3 Å². The second-order valence-electron chi connectivity index (χ2n) is 2.62. The van der Waals surface area contributed by atoms with Gasteiger partial charge in [-0.25, -0.2) is 0 Å². The zero-order valence-electron chi connectivity index (χ0n) is 7.58. The summed E-state index contributed by atoms with van der Waals surface area (Å²) < 4.78 is 4.99. The Bertz CT molecular complexity index is 344. The number of ether oxygens (including phenoxy) is 1. The second-order valence-corrected chi connectivity index (χ2v) is 3.43. The molecule has 3 nitrogen and oxygen atoms in total. The molecular weight excluding hydrogens is 222 g/mol. The van der Waals surface area contributed by atoms with E-state index in [9.17, 15) is 4.79 Å². The van der Waals surface area contributed by atoms with Gasteiger partial charge in [-0.1, -0.05) is 30.3 Å². The summed E-state index contributed by atoms with van der Waals surface area (Å²) in [5, 5.41) is 2.72. The van der Waals surface area contributed by atoms with Crippen molar-refractivity contribution in [3.05, 3.63) is 28.8 Å². The van der Waals surface area contributed by atoms with Gasteiger partial charge in [0, 0.05) is 11.6 Å². The number of halogens is 1. The number of benzene rings is 1. The van der Waals surface area contributed by atoms with Crippen LogP contribution in [0.3, 0.4) is 0 Å². The molecule has 76 valence electrons. The van der Waals surface area contributed by atoms with Crippen molar-refractivity contribution in [3.8, 4) is 5.75 Å². The average Bonchev–Trinajstić information content (AvgIpc) is 2.15. The van der Waals surface area contributed by atoms with E-state index in [0.717, 1.165) is 5.56 Å². The van der Waals surface area contributed by atoms with Crippen LogP contribution in [0.25, 0.3) is 0 Å². The third kappa shape index (κ3) is 3.12. The van der Waals surface area contributed by atoms with Gasteiger partial charge >= 0.3 is 0 Å². The maximum Gasteiger partial charge on any atom is 0.276 e. The van der Waals surface area contributed by atoms with Crippen LogP contribution >= 0.6 is 24.2 Å². The Labute approximate surface area is 92.8 Å². The van der Waals surface area contributed by atoms with Gasteiger partial charge in [0.2, 0.25) is 0 Å². The van der Waals surface area contributed by atoms with Crippen molar-refractivity contribution in [2.75, 3.05) is 7.11 Å². The quantitative estimate of drug-likeness (QED) is 0.785. The second kappa shape index (κ2) is 5.12. The molecule has 14 heavy (non-hydrogen) atoms. The predicted octanol–water partition coefficient (Wildman–Crippen LogP) is 2.49. The van der Waals surface area contributed by atoms with Gasteiger partial charge in [0.1, 0.15) is 5.75 Å². The summed E-state index contributed by atoms with van der Waals surface area (Å²) in [4.78, 5) is 10.5. The zero-order chi connectivity index (χ0) is 10.6. The van der Waals surface area contributed by atoms with Gasteiger partial charge in [0.05, 0.1) is 7.11 Å². The summed E-state index contributed by atoms with van der Waals surface area (Å²) in [6.07, 6.45) is 0. The fraction of sp³-hybridized carbons (Fsp3) is 0.222. The van der Waals surface area contributed by atoms with E-state index in [1.54, 1.807) is 25.3 Å². The molecule has 1 amide bonds. The van der Waals surface area contributed by atoms with Gasteiger partial charge in [0.25, 0.3) is 5.24 Å². The first-order chi connectivity index (χ1) is 6.63. The fourth-order valence-electron chi connectivity index (χ4n) is 0.969. The zero-order valence-corrected chi connectivity index (χ0v) is 9.23. The number of hydrogen-bond donors (Lipinski definition) is 2. The summed E-state index contributed by atoms with van der Waals surface area (Å²) in [7, 11) is 1.57. The predicted molar refractivity (Wildman–Crippen MR) is 59.2 cm³/mol. The van der Waals surface area contributed by atoms with Crippen molar-refractivity contribution in [2.24, 2.45) is 0 Å². The molecule has 1 aromatic rings. The number of carbonyl (C=O) groups is 1. The molecule has 1 aromatic carbocycles. The largest absolute Gasteiger partial charge is 0.497 e. The molecule has 0 fully saturated rings. The molecule has 1 N–H and O–H groups in total. The van der Waals surface area contributed by atoms with Crippen LogP contribution in [0, 0.1) is 0 Å². The highest BCUT2D eigenvalue weighted by molar-refractivity contribution is 7.96. The summed E-state index contributed by atoms with van der Waals surface area (Å²) in [5.41, 5.74) is 0.829. The van der Waals surface area contributed by atoms with Crippen LogP contribution in [0.1, 0.15) is 5.56 Å². The van der Waals surface area contributed by atoms with Crippen molar-refractivity contribution in [3.63, 3.8) is 0 Å². The first kappa shape index (κ1) is 11.2. The Morgan fingerprint density at radius 2 is 2.36 bits per heavy atom. The van der Waals surface area contributed by atoms with Gasteiger partial charge < -0.3 is 10.1 Å². The van der Waals surface area contributed by atoms with Crippen LogP contribution < -0.4 is 10.1 Å². The smallest absolute Gasteiger partial charge is 0.276 e. The van der Waals surface area contributed by atoms with Crippen LogP contribution in [0.2, 0.25) is 5.02 Å².